The molecular weight excluding hydrogens is 230 g/mol. The molecule has 1 aromatic rings. The van der Waals surface area contributed by atoms with Crippen LogP contribution < -0.4 is 5.73 Å². The third-order valence-electron chi connectivity index (χ3n) is 3.75. The van der Waals surface area contributed by atoms with E-state index in [9.17, 15) is 9.90 Å². The van der Waals surface area contributed by atoms with Crippen LogP contribution in [0.4, 0.5) is 0 Å². The topological polar surface area (TPSA) is 81.1 Å². The molecule has 0 amide bonds. The Balaban J connectivity index is 2.26. The lowest BCUT2D eigenvalue weighted by Crippen LogP contribution is -2.53. The van der Waals surface area contributed by atoms with Crippen LogP contribution in [0.3, 0.4) is 0 Å². The minimum absolute atomic E-state index is 0.0917. The Morgan fingerprint density at radius 1 is 1.56 bits per heavy atom. The molecule has 0 aliphatic heterocycles. The first-order chi connectivity index (χ1) is 8.51. The standard InChI is InChI=1S/C13H21N3O2/c1-3-10-7-11(4-2)16(15-10)8-13(14,12(17)18)9-5-6-9/h7,9H,3-6,8,14H2,1-2H3,(H,17,18). The van der Waals surface area contributed by atoms with E-state index in [1.165, 1.54) is 0 Å². The number of nitrogens with two attached hydrogens (primary N) is 1. The zero-order chi connectivity index (χ0) is 13.3. The van der Waals surface area contributed by atoms with Crippen LogP contribution in [0, 0.1) is 5.92 Å². The minimum atomic E-state index is -1.17. The summed E-state index contributed by atoms with van der Waals surface area (Å²) in [7, 11) is 0. The number of carboxylic acid groups (broad SMARTS) is 1. The molecule has 1 atom stereocenters. The first-order valence-corrected chi connectivity index (χ1v) is 6.59. The molecule has 1 aliphatic carbocycles. The van der Waals surface area contributed by atoms with Gasteiger partial charge in [-0.2, -0.15) is 5.10 Å². The van der Waals surface area contributed by atoms with Gasteiger partial charge in [-0.05, 0) is 37.7 Å². The van der Waals surface area contributed by atoms with E-state index in [1.54, 1.807) is 4.68 Å². The van der Waals surface area contributed by atoms with Gasteiger partial charge in [-0.15, -0.1) is 0 Å². The lowest BCUT2D eigenvalue weighted by molar-refractivity contribution is -0.145. The fourth-order valence-electron chi connectivity index (χ4n) is 2.33. The Kier molecular flexibility index (Phi) is 3.43. The highest BCUT2D eigenvalue weighted by Gasteiger charge is 2.49. The highest BCUT2D eigenvalue weighted by Crippen LogP contribution is 2.39. The van der Waals surface area contributed by atoms with Crippen LogP contribution in [0.25, 0.3) is 0 Å². The normalized spacial score (nSPS) is 18.6. The summed E-state index contributed by atoms with van der Waals surface area (Å²) in [6.45, 7) is 4.36. The van der Waals surface area contributed by atoms with Crippen molar-refractivity contribution in [1.29, 1.82) is 0 Å². The molecule has 100 valence electrons. The van der Waals surface area contributed by atoms with E-state index in [0.29, 0.717) is 0 Å². The second kappa shape index (κ2) is 4.72. The molecule has 18 heavy (non-hydrogen) atoms. The van der Waals surface area contributed by atoms with Gasteiger partial charge in [0.25, 0.3) is 0 Å². The second-order valence-electron chi connectivity index (χ2n) is 5.11. The molecule has 0 radical (unpaired) electrons. The summed E-state index contributed by atoms with van der Waals surface area (Å²) in [6, 6.07) is 2.04. The predicted molar refractivity (Wildman–Crippen MR) is 68.3 cm³/mol. The van der Waals surface area contributed by atoms with Gasteiger partial charge in [-0.3, -0.25) is 9.48 Å². The Labute approximate surface area is 107 Å². The van der Waals surface area contributed by atoms with Crippen LogP contribution in [0.2, 0.25) is 0 Å². The van der Waals surface area contributed by atoms with E-state index in [1.807, 2.05) is 19.9 Å². The molecule has 2 rings (SSSR count). The lowest BCUT2D eigenvalue weighted by atomic mass is 9.94. The summed E-state index contributed by atoms with van der Waals surface area (Å²) >= 11 is 0. The summed E-state index contributed by atoms with van der Waals surface area (Å²) in [6.07, 6.45) is 3.51. The minimum Gasteiger partial charge on any atom is -0.480 e. The van der Waals surface area contributed by atoms with Crippen LogP contribution in [0.1, 0.15) is 38.1 Å². The van der Waals surface area contributed by atoms with Gasteiger partial charge < -0.3 is 10.8 Å². The zero-order valence-electron chi connectivity index (χ0n) is 11.0. The van der Waals surface area contributed by atoms with Crippen LogP contribution in [0.5, 0.6) is 0 Å². The molecule has 1 saturated carbocycles. The molecule has 0 saturated heterocycles. The average Bonchev–Trinajstić information content (AvgIpc) is 3.12. The fraction of sp³-hybridized carbons (Fsp3) is 0.692. The van der Waals surface area contributed by atoms with Crippen molar-refractivity contribution in [3.63, 3.8) is 0 Å². The number of carbonyl (C=O) groups is 1. The van der Waals surface area contributed by atoms with Gasteiger partial charge in [0.05, 0.1) is 12.2 Å². The third kappa shape index (κ3) is 2.27. The smallest absolute Gasteiger partial charge is 0.325 e. The monoisotopic (exact) mass is 251 g/mol. The first-order valence-electron chi connectivity index (χ1n) is 6.59. The van der Waals surface area contributed by atoms with E-state index in [2.05, 4.69) is 5.10 Å². The van der Waals surface area contributed by atoms with E-state index in [4.69, 9.17) is 5.73 Å². The lowest BCUT2D eigenvalue weighted by Gasteiger charge is -2.25. The quantitative estimate of drug-likeness (QED) is 0.796. The Hall–Kier alpha value is -1.36. The Morgan fingerprint density at radius 3 is 2.67 bits per heavy atom. The maximum Gasteiger partial charge on any atom is 0.325 e. The molecule has 0 spiro atoms. The van der Waals surface area contributed by atoms with Gasteiger partial charge in [0.2, 0.25) is 0 Å². The molecule has 5 heteroatoms. The van der Waals surface area contributed by atoms with Crippen molar-refractivity contribution in [3.8, 4) is 0 Å². The van der Waals surface area contributed by atoms with Crippen LogP contribution >= 0.6 is 0 Å². The largest absolute Gasteiger partial charge is 0.480 e. The van der Waals surface area contributed by atoms with Crippen molar-refractivity contribution in [2.75, 3.05) is 0 Å². The van der Waals surface area contributed by atoms with Gasteiger partial charge >= 0.3 is 5.97 Å². The summed E-state index contributed by atoms with van der Waals surface area (Å²) in [4.78, 5) is 11.4. The Bertz CT molecular complexity index is 451. The number of carboxylic acids is 1. The molecule has 1 aliphatic rings. The summed E-state index contributed by atoms with van der Waals surface area (Å²) < 4.78 is 1.78. The zero-order valence-corrected chi connectivity index (χ0v) is 11.0. The SMILES string of the molecule is CCc1cc(CC)n(CC(N)(C(=O)O)C2CC2)n1. The van der Waals surface area contributed by atoms with Gasteiger partial charge in [-0.25, -0.2) is 0 Å². The van der Waals surface area contributed by atoms with Gasteiger partial charge in [0, 0.05) is 5.69 Å². The van der Waals surface area contributed by atoms with E-state index in [-0.39, 0.29) is 12.5 Å². The van der Waals surface area contributed by atoms with Gasteiger partial charge in [-0.1, -0.05) is 13.8 Å². The molecule has 3 N–H and O–H groups in total. The third-order valence-corrected chi connectivity index (χ3v) is 3.75. The Morgan fingerprint density at radius 2 is 2.22 bits per heavy atom. The van der Waals surface area contributed by atoms with Crippen LogP contribution in [-0.2, 0) is 24.2 Å². The second-order valence-corrected chi connectivity index (χ2v) is 5.11. The van der Waals surface area contributed by atoms with Crippen molar-refractivity contribution in [2.24, 2.45) is 11.7 Å². The first kappa shape index (κ1) is 13.1. The van der Waals surface area contributed by atoms with Crippen molar-refractivity contribution < 1.29 is 9.90 Å². The molecular formula is C13H21N3O2. The molecule has 5 nitrogen and oxygen atoms in total. The number of aryl methyl sites for hydroxylation is 2. The molecule has 1 unspecified atom stereocenters. The maximum atomic E-state index is 11.4. The van der Waals surface area contributed by atoms with Crippen molar-refractivity contribution in [1.82, 2.24) is 9.78 Å². The van der Waals surface area contributed by atoms with Crippen molar-refractivity contribution >= 4 is 5.97 Å². The van der Waals surface area contributed by atoms with Gasteiger partial charge in [0.1, 0.15) is 5.54 Å². The average molecular weight is 251 g/mol. The van der Waals surface area contributed by atoms with E-state index >= 15 is 0 Å². The number of nitrogens with zero attached hydrogens (tertiary/aromatic N) is 2. The molecule has 0 bridgehead atoms. The van der Waals surface area contributed by atoms with Gasteiger partial charge in [0.15, 0.2) is 0 Å². The summed E-state index contributed by atoms with van der Waals surface area (Å²) in [5.41, 5.74) is 6.98. The molecule has 1 aromatic heterocycles. The number of rotatable bonds is 6. The number of aliphatic carboxylic acids is 1. The fourth-order valence-corrected chi connectivity index (χ4v) is 2.33. The summed E-state index contributed by atoms with van der Waals surface area (Å²) in [5.74, 6) is -0.824. The van der Waals surface area contributed by atoms with Crippen LogP contribution in [-0.4, -0.2) is 26.4 Å². The molecule has 1 heterocycles. The van der Waals surface area contributed by atoms with Crippen molar-refractivity contribution in [3.05, 3.63) is 17.5 Å². The highest BCUT2D eigenvalue weighted by atomic mass is 16.4. The number of hydrogen-bond acceptors (Lipinski definition) is 3. The van der Waals surface area contributed by atoms with E-state index in [0.717, 1.165) is 37.1 Å². The van der Waals surface area contributed by atoms with Crippen molar-refractivity contribution in [2.45, 2.75) is 51.6 Å². The predicted octanol–water partition coefficient (Wildman–Crippen LogP) is 1.20. The molecule has 1 fully saturated rings. The van der Waals surface area contributed by atoms with Crippen LogP contribution in [0.15, 0.2) is 6.07 Å². The van der Waals surface area contributed by atoms with E-state index < -0.39 is 11.5 Å². The number of hydrogen-bond donors (Lipinski definition) is 2. The maximum absolute atomic E-state index is 11.4. The highest BCUT2D eigenvalue weighted by molar-refractivity contribution is 5.79. The number of aromatic nitrogens is 2. The molecule has 0 aromatic carbocycles. The summed E-state index contributed by atoms with van der Waals surface area (Å²) in [5, 5.41) is 13.8.